The summed E-state index contributed by atoms with van der Waals surface area (Å²) in [6.45, 7) is 2.08. The van der Waals surface area contributed by atoms with Crippen LogP contribution in [-0.2, 0) is 19.1 Å². The maximum Gasteiger partial charge on any atom is 0.329 e. The van der Waals surface area contributed by atoms with Gasteiger partial charge in [-0.2, -0.15) is 0 Å². The lowest BCUT2D eigenvalue weighted by molar-refractivity contribution is -0.146. The van der Waals surface area contributed by atoms with Crippen LogP contribution in [0.25, 0.3) is 0 Å². The van der Waals surface area contributed by atoms with E-state index in [2.05, 4.69) is 47.0 Å². The minimum atomic E-state index is -0.882. The quantitative estimate of drug-likeness (QED) is 0.163. The monoisotopic (exact) mass is 566 g/mol. The average molecular weight is 567 g/mol. The molecule has 2 N–H and O–H groups in total. The summed E-state index contributed by atoms with van der Waals surface area (Å²) in [5.74, 6) is -0.833. The third kappa shape index (κ3) is 7.64. The van der Waals surface area contributed by atoms with E-state index >= 15 is 0 Å². The Balaban J connectivity index is 1.55. The summed E-state index contributed by atoms with van der Waals surface area (Å²) >= 11 is 1.57. The van der Waals surface area contributed by atoms with E-state index in [1.165, 1.54) is 0 Å². The fraction of sp³-hybridized carbons (Fsp3) is 0.206. The van der Waals surface area contributed by atoms with Gasteiger partial charge >= 0.3 is 5.97 Å². The maximum absolute atomic E-state index is 13.1. The summed E-state index contributed by atoms with van der Waals surface area (Å²) in [7, 11) is 0. The van der Waals surface area contributed by atoms with Crippen LogP contribution in [0.5, 0.6) is 0 Å². The van der Waals surface area contributed by atoms with Crippen molar-refractivity contribution in [3.63, 3.8) is 0 Å². The second-order valence-corrected chi connectivity index (χ2v) is 10.6. The van der Waals surface area contributed by atoms with Gasteiger partial charge in [0.15, 0.2) is 0 Å². The Morgan fingerprint density at radius 2 is 1.20 bits per heavy atom. The molecule has 0 saturated carbocycles. The highest BCUT2D eigenvalue weighted by molar-refractivity contribution is 8.00. The molecule has 6 nitrogen and oxygen atoms in total. The van der Waals surface area contributed by atoms with Crippen molar-refractivity contribution in [2.24, 2.45) is 0 Å². The number of ether oxygens (including phenoxy) is 1. The zero-order chi connectivity index (χ0) is 28.9. The Morgan fingerprint density at radius 3 is 1.66 bits per heavy atom. The van der Waals surface area contributed by atoms with E-state index in [1.54, 1.807) is 43.0 Å². The van der Waals surface area contributed by atoms with Gasteiger partial charge in [0, 0.05) is 24.3 Å². The van der Waals surface area contributed by atoms with Crippen molar-refractivity contribution < 1.29 is 19.1 Å². The first kappa shape index (κ1) is 29.6. The number of benzene rings is 4. The Kier molecular flexibility index (Phi) is 10.7. The number of nitrogens with one attached hydrogen (secondary N) is 2. The number of thioether (sulfide) groups is 1. The highest BCUT2D eigenvalue weighted by Gasteiger charge is 2.38. The summed E-state index contributed by atoms with van der Waals surface area (Å²) in [5.41, 5.74) is 3.69. The van der Waals surface area contributed by atoms with Crippen LogP contribution in [-0.4, -0.2) is 42.7 Å². The average Bonchev–Trinajstić information content (AvgIpc) is 3.03. The molecule has 41 heavy (non-hydrogen) atoms. The van der Waals surface area contributed by atoms with Crippen LogP contribution in [0.3, 0.4) is 0 Å². The van der Waals surface area contributed by atoms with Crippen molar-refractivity contribution in [1.82, 2.24) is 10.6 Å². The first-order chi connectivity index (χ1) is 20.0. The van der Waals surface area contributed by atoms with Gasteiger partial charge in [-0.25, -0.2) is 4.79 Å². The molecular weight excluding hydrogens is 532 g/mol. The van der Waals surface area contributed by atoms with Gasteiger partial charge in [0.05, 0.1) is 11.4 Å². The summed E-state index contributed by atoms with van der Waals surface area (Å²) in [6.07, 6.45) is 0.0281. The summed E-state index contributed by atoms with van der Waals surface area (Å²) in [5, 5.41) is 5.61. The summed E-state index contributed by atoms with van der Waals surface area (Å²) < 4.78 is 4.70. The minimum Gasteiger partial charge on any atom is -0.464 e. The van der Waals surface area contributed by atoms with Crippen molar-refractivity contribution >= 4 is 29.5 Å². The van der Waals surface area contributed by atoms with Crippen molar-refractivity contribution in [2.45, 2.75) is 24.1 Å². The van der Waals surface area contributed by atoms with Crippen LogP contribution >= 0.6 is 11.8 Å². The second-order valence-electron chi connectivity index (χ2n) is 9.33. The van der Waals surface area contributed by atoms with E-state index < -0.39 is 16.8 Å². The van der Waals surface area contributed by atoms with E-state index in [1.807, 2.05) is 60.7 Å². The molecule has 4 aromatic carbocycles. The molecule has 210 valence electrons. The third-order valence-electron chi connectivity index (χ3n) is 6.59. The van der Waals surface area contributed by atoms with Crippen molar-refractivity contribution in [3.05, 3.63) is 144 Å². The molecule has 2 amide bonds. The van der Waals surface area contributed by atoms with Crippen molar-refractivity contribution in [1.29, 1.82) is 0 Å². The molecule has 0 bridgehead atoms. The lowest BCUT2D eigenvalue weighted by Gasteiger charge is -2.36. The number of amides is 2. The molecular formula is C34H34N2O4S. The molecule has 0 spiro atoms. The number of hydrogen-bond acceptors (Lipinski definition) is 5. The van der Waals surface area contributed by atoms with Crippen molar-refractivity contribution in [3.8, 4) is 0 Å². The Labute approximate surface area is 245 Å². The summed E-state index contributed by atoms with van der Waals surface area (Å²) in [4.78, 5) is 38.3. The van der Waals surface area contributed by atoms with Gasteiger partial charge in [0.1, 0.15) is 6.04 Å². The van der Waals surface area contributed by atoms with Gasteiger partial charge in [-0.05, 0) is 35.7 Å². The fourth-order valence-electron chi connectivity index (χ4n) is 4.64. The van der Waals surface area contributed by atoms with Gasteiger partial charge in [0.25, 0.3) is 5.91 Å². The lowest BCUT2D eigenvalue weighted by Crippen LogP contribution is -2.45. The van der Waals surface area contributed by atoms with Gasteiger partial charge in [-0.3, -0.25) is 9.59 Å². The molecule has 4 rings (SSSR count). The van der Waals surface area contributed by atoms with Crippen LogP contribution in [0, 0.1) is 0 Å². The van der Waals surface area contributed by atoms with Crippen molar-refractivity contribution in [2.75, 3.05) is 18.9 Å². The van der Waals surface area contributed by atoms with Crippen LogP contribution in [0.15, 0.2) is 121 Å². The van der Waals surface area contributed by atoms with E-state index in [0.717, 1.165) is 16.7 Å². The fourth-order valence-corrected chi connectivity index (χ4v) is 6.18. The maximum atomic E-state index is 13.1. The Morgan fingerprint density at radius 1 is 0.732 bits per heavy atom. The molecule has 1 unspecified atom stereocenters. The Hall–Kier alpha value is -4.36. The molecule has 0 aliphatic heterocycles. The number of rotatable bonds is 13. The van der Waals surface area contributed by atoms with Crippen LogP contribution in [0.4, 0.5) is 0 Å². The standard InChI is InChI=1S/C34H34N2O4S/c1-2-40-33(39)30(36-31(37)23-24-35-32(38)26-15-7-3-8-16-26)25-41-34(27-17-9-4-10-18-27,28-19-11-5-12-20-28)29-21-13-6-14-22-29/h3-22,30H,2,23-25H2,1H3,(H,35,38)(H,36,37). The van der Waals surface area contributed by atoms with Gasteiger partial charge in [0.2, 0.25) is 5.91 Å². The minimum absolute atomic E-state index is 0.0281. The highest BCUT2D eigenvalue weighted by Crippen LogP contribution is 2.48. The molecule has 7 heteroatoms. The van der Waals surface area contributed by atoms with Crippen LogP contribution in [0.1, 0.15) is 40.4 Å². The number of carbonyl (C=O) groups excluding carboxylic acids is 3. The Bertz CT molecular complexity index is 1300. The third-order valence-corrected chi connectivity index (χ3v) is 8.23. The molecule has 0 aliphatic rings. The lowest BCUT2D eigenvalue weighted by atomic mass is 9.84. The SMILES string of the molecule is CCOC(=O)C(CSC(c1ccccc1)(c1ccccc1)c1ccccc1)NC(=O)CCNC(=O)c1ccccc1. The second kappa shape index (κ2) is 14.9. The highest BCUT2D eigenvalue weighted by atomic mass is 32.2. The normalized spacial score (nSPS) is 11.7. The zero-order valence-electron chi connectivity index (χ0n) is 23.0. The smallest absolute Gasteiger partial charge is 0.329 e. The number of carbonyl (C=O) groups is 3. The van der Waals surface area contributed by atoms with E-state index in [9.17, 15) is 14.4 Å². The van der Waals surface area contributed by atoms with Gasteiger partial charge in [-0.15, -0.1) is 11.8 Å². The molecule has 0 fully saturated rings. The molecule has 0 saturated heterocycles. The van der Waals surface area contributed by atoms with E-state index in [0.29, 0.717) is 5.56 Å². The van der Waals surface area contributed by atoms with Crippen LogP contribution < -0.4 is 10.6 Å². The van der Waals surface area contributed by atoms with Crippen LogP contribution in [0.2, 0.25) is 0 Å². The first-order valence-corrected chi connectivity index (χ1v) is 14.6. The van der Waals surface area contributed by atoms with E-state index in [-0.39, 0.29) is 37.1 Å². The molecule has 0 heterocycles. The van der Waals surface area contributed by atoms with Gasteiger partial charge in [-0.1, -0.05) is 109 Å². The van der Waals surface area contributed by atoms with Gasteiger partial charge < -0.3 is 15.4 Å². The summed E-state index contributed by atoms with van der Waals surface area (Å²) in [6, 6.07) is 38.4. The largest absolute Gasteiger partial charge is 0.464 e. The number of hydrogen-bond donors (Lipinski definition) is 2. The predicted molar refractivity (Wildman–Crippen MR) is 164 cm³/mol. The van der Waals surface area contributed by atoms with E-state index in [4.69, 9.17) is 4.74 Å². The molecule has 4 aromatic rings. The molecule has 1 atom stereocenters. The first-order valence-electron chi connectivity index (χ1n) is 13.6. The molecule has 0 aromatic heterocycles. The number of esters is 1. The zero-order valence-corrected chi connectivity index (χ0v) is 23.8. The molecule has 0 radical (unpaired) electrons. The molecule has 0 aliphatic carbocycles. The predicted octanol–water partition coefficient (Wildman–Crippen LogP) is 5.58. The topological polar surface area (TPSA) is 84.5 Å².